The minimum absolute atomic E-state index is 0.0168. The Labute approximate surface area is 241 Å². The molecule has 0 radical (unpaired) electrons. The summed E-state index contributed by atoms with van der Waals surface area (Å²) in [6.07, 6.45) is 3.16. The Morgan fingerprint density at radius 1 is 1.07 bits per heavy atom. The molecule has 3 aromatic rings. The summed E-state index contributed by atoms with van der Waals surface area (Å²) in [5.41, 5.74) is 3.48. The van der Waals surface area contributed by atoms with Gasteiger partial charge < -0.3 is 24.9 Å². The van der Waals surface area contributed by atoms with Gasteiger partial charge in [-0.3, -0.25) is 14.4 Å². The van der Waals surface area contributed by atoms with E-state index in [-0.39, 0.29) is 42.3 Å². The van der Waals surface area contributed by atoms with Gasteiger partial charge >= 0.3 is 0 Å². The monoisotopic (exact) mass is 559 g/mol. The molecule has 2 fully saturated rings. The topological polar surface area (TPSA) is 108 Å². The fraction of sp³-hybridized carbons (Fsp3) is 0.500. The first-order valence-electron chi connectivity index (χ1n) is 14.8. The maximum atomic E-state index is 14.3. The van der Waals surface area contributed by atoms with Crippen LogP contribution in [0.5, 0.6) is 0 Å². The number of nitrogens with one attached hydrogen (secondary N) is 2. The quantitative estimate of drug-likeness (QED) is 0.427. The summed E-state index contributed by atoms with van der Waals surface area (Å²) >= 11 is 0. The molecule has 3 heterocycles. The number of nitrogens with zero attached hydrogens (tertiary/aromatic N) is 3. The highest BCUT2D eigenvalue weighted by atomic mass is 16.4. The van der Waals surface area contributed by atoms with E-state index in [4.69, 9.17) is 9.40 Å². The third-order valence-corrected chi connectivity index (χ3v) is 8.32. The molecule has 2 aliphatic rings. The lowest BCUT2D eigenvalue weighted by atomic mass is 10.0. The van der Waals surface area contributed by atoms with Gasteiger partial charge in [-0.15, -0.1) is 0 Å². The van der Waals surface area contributed by atoms with Crippen LogP contribution >= 0.6 is 0 Å². The molecule has 2 aromatic carbocycles. The van der Waals surface area contributed by atoms with Gasteiger partial charge in [0.2, 0.25) is 23.6 Å². The van der Waals surface area contributed by atoms with Crippen LogP contribution in [0.25, 0.3) is 22.2 Å². The largest absolute Gasteiger partial charge is 0.438 e. The van der Waals surface area contributed by atoms with Crippen LogP contribution < -0.4 is 10.6 Å². The Morgan fingerprint density at radius 2 is 1.85 bits per heavy atom. The number of oxazole rings is 1. The lowest BCUT2D eigenvalue weighted by Crippen LogP contribution is -2.60. The molecule has 0 spiro atoms. The molecule has 9 heteroatoms. The molecule has 41 heavy (non-hydrogen) atoms. The first kappa shape index (κ1) is 28.8. The maximum Gasteiger partial charge on any atom is 0.247 e. The van der Waals surface area contributed by atoms with Crippen LogP contribution in [0.3, 0.4) is 0 Å². The van der Waals surface area contributed by atoms with Crippen molar-refractivity contribution in [1.29, 1.82) is 0 Å². The van der Waals surface area contributed by atoms with E-state index in [1.165, 1.54) is 0 Å². The Kier molecular flexibility index (Phi) is 8.73. The summed E-state index contributed by atoms with van der Waals surface area (Å²) in [7, 11) is 1.73. The van der Waals surface area contributed by atoms with E-state index in [1.807, 2.05) is 74.2 Å². The van der Waals surface area contributed by atoms with E-state index in [2.05, 4.69) is 10.6 Å². The molecule has 3 amide bonds. The van der Waals surface area contributed by atoms with E-state index in [0.29, 0.717) is 43.7 Å². The summed E-state index contributed by atoms with van der Waals surface area (Å²) in [4.78, 5) is 49.1. The van der Waals surface area contributed by atoms with Crippen molar-refractivity contribution in [2.45, 2.75) is 77.0 Å². The lowest BCUT2D eigenvalue weighted by molar-refractivity contribution is -0.144. The minimum atomic E-state index is -0.853. The second-order valence-corrected chi connectivity index (χ2v) is 11.6. The fourth-order valence-electron chi connectivity index (χ4n) is 6.18. The Morgan fingerprint density at radius 3 is 2.56 bits per heavy atom. The lowest BCUT2D eigenvalue weighted by Gasteiger charge is -2.39. The molecule has 0 saturated carbocycles. The molecule has 0 aliphatic carbocycles. The van der Waals surface area contributed by atoms with E-state index in [1.54, 1.807) is 11.9 Å². The summed E-state index contributed by atoms with van der Waals surface area (Å²) < 4.78 is 6.31. The van der Waals surface area contributed by atoms with Crippen LogP contribution in [-0.2, 0) is 14.4 Å². The van der Waals surface area contributed by atoms with Crippen LogP contribution in [0.4, 0.5) is 0 Å². The van der Waals surface area contributed by atoms with Gasteiger partial charge in [0.15, 0.2) is 5.58 Å². The molecule has 5 rings (SSSR count). The molecule has 218 valence electrons. The Bertz CT molecular complexity index is 1380. The van der Waals surface area contributed by atoms with Crippen LogP contribution in [-0.4, -0.2) is 70.8 Å². The van der Waals surface area contributed by atoms with E-state index < -0.39 is 12.1 Å². The standard InChI is InChI=1S/C32H41N5O4/c1-5-24(33-4)30(39)34-25-19-36(28(38)18-20(2)3)17-16-22-14-15-26(37(22)32(25)40)31-35-29-23(12-9-13-27(29)41-31)21-10-7-6-8-11-21/h6-13,20,22,24-26,33H,5,14-19H2,1-4H3,(H,34,39)/t22-,24+,25+,26+/m1/s1. The first-order valence-corrected chi connectivity index (χ1v) is 14.8. The first-order chi connectivity index (χ1) is 19.8. The molecule has 0 bridgehead atoms. The maximum absolute atomic E-state index is 14.3. The zero-order chi connectivity index (χ0) is 29.1. The zero-order valence-electron chi connectivity index (χ0n) is 24.4. The smallest absolute Gasteiger partial charge is 0.247 e. The highest BCUT2D eigenvalue weighted by molar-refractivity contribution is 5.92. The minimum Gasteiger partial charge on any atom is -0.438 e. The number of rotatable bonds is 8. The summed E-state index contributed by atoms with van der Waals surface area (Å²) in [6, 6.07) is 14.3. The molecule has 2 saturated heterocycles. The third kappa shape index (κ3) is 6.00. The molecule has 9 nitrogen and oxygen atoms in total. The number of carbonyl (C=O) groups is 3. The number of likely N-dealkylation sites (N-methyl/N-ethyl adjacent to an activating group) is 1. The average Bonchev–Trinajstić information content (AvgIpc) is 3.58. The Hall–Kier alpha value is -3.72. The van der Waals surface area contributed by atoms with Gasteiger partial charge in [-0.2, -0.15) is 0 Å². The predicted molar refractivity (Wildman–Crippen MR) is 158 cm³/mol. The predicted octanol–water partition coefficient (Wildman–Crippen LogP) is 4.29. The van der Waals surface area contributed by atoms with Crippen LogP contribution in [0.2, 0.25) is 0 Å². The van der Waals surface area contributed by atoms with Gasteiger partial charge in [-0.05, 0) is 50.3 Å². The highest BCUT2D eigenvalue weighted by Crippen LogP contribution is 2.40. The van der Waals surface area contributed by atoms with Gasteiger partial charge in [0.05, 0.1) is 6.04 Å². The average molecular weight is 560 g/mol. The zero-order valence-corrected chi connectivity index (χ0v) is 24.4. The van der Waals surface area contributed by atoms with Crippen molar-refractivity contribution in [3.8, 4) is 11.1 Å². The second kappa shape index (κ2) is 12.4. The number of fused-ring (bicyclic) bond motifs is 2. The Balaban J connectivity index is 1.47. The molecule has 4 atom stereocenters. The number of amides is 3. The van der Waals surface area contributed by atoms with Gasteiger partial charge in [-0.25, -0.2) is 4.98 Å². The highest BCUT2D eigenvalue weighted by Gasteiger charge is 2.45. The molecule has 1 aromatic heterocycles. The van der Waals surface area contributed by atoms with Gasteiger partial charge in [0.25, 0.3) is 0 Å². The van der Waals surface area contributed by atoms with E-state index >= 15 is 0 Å². The van der Waals surface area contributed by atoms with Gasteiger partial charge in [0.1, 0.15) is 17.6 Å². The van der Waals surface area contributed by atoms with Crippen molar-refractivity contribution in [3.05, 3.63) is 54.4 Å². The summed E-state index contributed by atoms with van der Waals surface area (Å²) in [5.74, 6) is 0.302. The molecule has 2 N–H and O–H groups in total. The van der Waals surface area contributed by atoms with Crippen molar-refractivity contribution in [1.82, 2.24) is 25.4 Å². The van der Waals surface area contributed by atoms with Gasteiger partial charge in [0, 0.05) is 31.1 Å². The number of aromatic nitrogens is 1. The second-order valence-electron chi connectivity index (χ2n) is 11.6. The fourth-order valence-corrected chi connectivity index (χ4v) is 6.18. The number of hydrogen-bond acceptors (Lipinski definition) is 6. The van der Waals surface area contributed by atoms with E-state index in [0.717, 1.165) is 23.1 Å². The third-order valence-electron chi connectivity index (χ3n) is 8.32. The molecular weight excluding hydrogens is 518 g/mol. The van der Waals surface area contributed by atoms with Crippen LogP contribution in [0.1, 0.15) is 64.8 Å². The number of benzene rings is 2. The normalized spacial score (nSPS) is 22.0. The SMILES string of the molecule is CC[C@H](NC)C(=O)N[C@H]1CN(C(=O)CC(C)C)CC[C@H]2CC[C@@H](c3nc4c(-c5ccccc5)cccc4o3)N2C1=O. The molecule has 0 unspecified atom stereocenters. The van der Waals surface area contributed by atoms with Gasteiger partial charge in [-0.1, -0.05) is 63.2 Å². The number of para-hydroxylation sites is 1. The van der Waals surface area contributed by atoms with Crippen molar-refractivity contribution in [2.24, 2.45) is 5.92 Å². The summed E-state index contributed by atoms with van der Waals surface area (Å²) in [6.45, 7) is 6.63. The van der Waals surface area contributed by atoms with Crippen molar-refractivity contribution in [2.75, 3.05) is 20.1 Å². The van der Waals surface area contributed by atoms with Crippen LogP contribution in [0, 0.1) is 5.92 Å². The molecule has 2 aliphatic heterocycles. The number of carbonyl (C=O) groups excluding carboxylic acids is 3. The van der Waals surface area contributed by atoms with Crippen molar-refractivity contribution < 1.29 is 18.8 Å². The van der Waals surface area contributed by atoms with Crippen molar-refractivity contribution >= 4 is 28.8 Å². The summed E-state index contributed by atoms with van der Waals surface area (Å²) in [5, 5.41) is 6.00. The van der Waals surface area contributed by atoms with Crippen LogP contribution in [0.15, 0.2) is 52.9 Å². The van der Waals surface area contributed by atoms with E-state index in [9.17, 15) is 14.4 Å². The number of hydrogen-bond donors (Lipinski definition) is 2. The van der Waals surface area contributed by atoms with Crippen molar-refractivity contribution in [3.63, 3.8) is 0 Å². The molecular formula is C32H41N5O4.